The minimum atomic E-state index is 0.759. The number of hydrogen-bond donors (Lipinski definition) is 2. The summed E-state index contributed by atoms with van der Waals surface area (Å²) >= 11 is 0. The molecule has 0 unspecified atom stereocenters. The number of ether oxygens (including phenoxy) is 2. The highest BCUT2D eigenvalue weighted by Gasteiger charge is 2.10. The number of aliphatic imine (C=N–C) groups is 1. The Morgan fingerprint density at radius 3 is 2.48 bits per heavy atom. The number of nitrogens with one attached hydrogen (secondary N) is 2. The van der Waals surface area contributed by atoms with Crippen LogP contribution in [0.3, 0.4) is 0 Å². The van der Waals surface area contributed by atoms with Gasteiger partial charge in [0.2, 0.25) is 0 Å². The Bertz CT molecular complexity index is 542. The highest BCUT2D eigenvalue weighted by molar-refractivity contribution is 5.79. The molecule has 6 nitrogen and oxygen atoms in total. The van der Waals surface area contributed by atoms with Gasteiger partial charge in [-0.05, 0) is 63.0 Å². The summed E-state index contributed by atoms with van der Waals surface area (Å²) in [5.74, 6) is 2.39. The molecule has 2 N–H and O–H groups in total. The van der Waals surface area contributed by atoms with Crippen molar-refractivity contribution >= 4 is 5.96 Å². The zero-order chi connectivity index (χ0) is 17.9. The Hall–Kier alpha value is -1.95. The van der Waals surface area contributed by atoms with Gasteiger partial charge >= 0.3 is 0 Å². The molecule has 2 rings (SSSR count). The Morgan fingerprint density at radius 2 is 1.80 bits per heavy atom. The lowest BCUT2D eigenvalue weighted by atomic mass is 10.1. The summed E-state index contributed by atoms with van der Waals surface area (Å²) in [7, 11) is 5.12. The maximum absolute atomic E-state index is 5.35. The van der Waals surface area contributed by atoms with Crippen molar-refractivity contribution in [2.75, 3.05) is 54.0 Å². The van der Waals surface area contributed by atoms with E-state index in [9.17, 15) is 0 Å². The topological polar surface area (TPSA) is 58.1 Å². The van der Waals surface area contributed by atoms with Crippen molar-refractivity contribution in [2.24, 2.45) is 4.99 Å². The van der Waals surface area contributed by atoms with Crippen LogP contribution in [-0.2, 0) is 6.42 Å². The lowest BCUT2D eigenvalue weighted by Gasteiger charge is -2.16. The second-order valence-electron chi connectivity index (χ2n) is 6.27. The summed E-state index contributed by atoms with van der Waals surface area (Å²) < 4.78 is 10.6. The molecule has 6 heteroatoms. The third kappa shape index (κ3) is 6.46. The van der Waals surface area contributed by atoms with Crippen LogP contribution in [0.2, 0.25) is 0 Å². The van der Waals surface area contributed by atoms with Gasteiger partial charge in [-0.3, -0.25) is 4.99 Å². The summed E-state index contributed by atoms with van der Waals surface area (Å²) in [6.45, 7) is 5.47. The molecule has 0 bridgehead atoms. The van der Waals surface area contributed by atoms with Crippen molar-refractivity contribution in [3.63, 3.8) is 0 Å². The monoisotopic (exact) mass is 348 g/mol. The van der Waals surface area contributed by atoms with Gasteiger partial charge in [-0.25, -0.2) is 0 Å². The summed E-state index contributed by atoms with van der Waals surface area (Å²) in [6.07, 6.45) is 4.75. The summed E-state index contributed by atoms with van der Waals surface area (Å²) in [5, 5.41) is 6.75. The van der Waals surface area contributed by atoms with Crippen LogP contribution in [0.5, 0.6) is 11.5 Å². The molecule has 1 aromatic rings. The van der Waals surface area contributed by atoms with Gasteiger partial charge in [-0.2, -0.15) is 0 Å². The third-order valence-electron chi connectivity index (χ3n) is 4.52. The number of methoxy groups -OCH3 is 2. The molecule has 0 spiro atoms. The molecule has 0 atom stereocenters. The van der Waals surface area contributed by atoms with E-state index in [4.69, 9.17) is 9.47 Å². The van der Waals surface area contributed by atoms with Crippen molar-refractivity contribution in [1.29, 1.82) is 0 Å². The van der Waals surface area contributed by atoms with Crippen LogP contribution in [0.4, 0.5) is 0 Å². The van der Waals surface area contributed by atoms with Crippen molar-refractivity contribution in [3.05, 3.63) is 23.8 Å². The van der Waals surface area contributed by atoms with Gasteiger partial charge in [-0.1, -0.05) is 6.07 Å². The Labute approximate surface area is 151 Å². The number of guanidine groups is 1. The van der Waals surface area contributed by atoms with E-state index in [0.29, 0.717) is 0 Å². The molecule has 1 aliphatic rings. The fourth-order valence-corrected chi connectivity index (χ4v) is 3.10. The summed E-state index contributed by atoms with van der Waals surface area (Å²) in [5.41, 5.74) is 1.20. The SMILES string of the molecule is CN=C(NCCCN1CCCC1)NCCc1ccc(OC)c(OC)c1. The van der Waals surface area contributed by atoms with Crippen molar-refractivity contribution in [3.8, 4) is 11.5 Å². The molecule has 1 saturated heterocycles. The first-order valence-corrected chi connectivity index (χ1v) is 9.14. The molecular formula is C19H32N4O2. The van der Waals surface area contributed by atoms with Crippen molar-refractivity contribution < 1.29 is 9.47 Å². The minimum Gasteiger partial charge on any atom is -0.493 e. The summed E-state index contributed by atoms with van der Waals surface area (Å²) in [6, 6.07) is 6.03. The Kier molecular flexibility index (Phi) is 8.39. The molecule has 140 valence electrons. The molecule has 1 aromatic carbocycles. The average molecular weight is 348 g/mol. The van der Waals surface area contributed by atoms with E-state index in [0.717, 1.165) is 43.4 Å². The number of hydrogen-bond acceptors (Lipinski definition) is 4. The molecule has 1 aliphatic heterocycles. The molecular weight excluding hydrogens is 316 g/mol. The predicted octanol–water partition coefficient (Wildman–Crippen LogP) is 1.90. The largest absolute Gasteiger partial charge is 0.493 e. The lowest BCUT2D eigenvalue weighted by Crippen LogP contribution is -2.39. The third-order valence-corrected chi connectivity index (χ3v) is 4.52. The van der Waals surface area contributed by atoms with Crippen LogP contribution in [-0.4, -0.2) is 64.9 Å². The van der Waals surface area contributed by atoms with Crippen molar-refractivity contribution in [1.82, 2.24) is 15.5 Å². The predicted molar refractivity (Wildman–Crippen MR) is 103 cm³/mol. The van der Waals surface area contributed by atoms with Gasteiger partial charge in [-0.15, -0.1) is 0 Å². The van der Waals surface area contributed by atoms with E-state index >= 15 is 0 Å². The second-order valence-corrected chi connectivity index (χ2v) is 6.27. The molecule has 0 aromatic heterocycles. The molecule has 0 amide bonds. The van der Waals surface area contributed by atoms with Crippen LogP contribution >= 0.6 is 0 Å². The maximum Gasteiger partial charge on any atom is 0.190 e. The molecule has 0 aliphatic carbocycles. The van der Waals surface area contributed by atoms with Gasteiger partial charge in [0.25, 0.3) is 0 Å². The zero-order valence-corrected chi connectivity index (χ0v) is 15.8. The fourth-order valence-electron chi connectivity index (χ4n) is 3.10. The number of likely N-dealkylation sites (tertiary alicyclic amines) is 1. The van der Waals surface area contributed by atoms with Gasteiger partial charge in [0.1, 0.15) is 0 Å². The first kappa shape index (κ1) is 19.4. The molecule has 25 heavy (non-hydrogen) atoms. The summed E-state index contributed by atoms with van der Waals surface area (Å²) in [4.78, 5) is 6.82. The lowest BCUT2D eigenvalue weighted by molar-refractivity contribution is 0.334. The Morgan fingerprint density at radius 1 is 1.08 bits per heavy atom. The van der Waals surface area contributed by atoms with Crippen LogP contribution in [0.1, 0.15) is 24.8 Å². The van der Waals surface area contributed by atoms with Crippen LogP contribution in [0, 0.1) is 0 Å². The zero-order valence-electron chi connectivity index (χ0n) is 15.8. The fraction of sp³-hybridized carbons (Fsp3) is 0.632. The molecule has 0 radical (unpaired) electrons. The quantitative estimate of drug-likeness (QED) is 0.405. The molecule has 0 saturated carbocycles. The van der Waals surface area contributed by atoms with Crippen LogP contribution in [0.15, 0.2) is 23.2 Å². The molecule has 1 heterocycles. The van der Waals surface area contributed by atoms with E-state index in [1.807, 2.05) is 19.2 Å². The highest BCUT2D eigenvalue weighted by atomic mass is 16.5. The normalized spacial score (nSPS) is 15.2. The first-order chi connectivity index (χ1) is 12.3. The highest BCUT2D eigenvalue weighted by Crippen LogP contribution is 2.27. The van der Waals surface area contributed by atoms with Crippen molar-refractivity contribution in [2.45, 2.75) is 25.7 Å². The second kappa shape index (κ2) is 10.8. The van der Waals surface area contributed by atoms with Crippen LogP contribution in [0.25, 0.3) is 0 Å². The van der Waals surface area contributed by atoms with E-state index in [-0.39, 0.29) is 0 Å². The minimum absolute atomic E-state index is 0.759. The van der Waals surface area contributed by atoms with E-state index < -0.39 is 0 Å². The van der Waals surface area contributed by atoms with Gasteiger partial charge in [0, 0.05) is 20.1 Å². The number of benzene rings is 1. The van der Waals surface area contributed by atoms with Gasteiger partial charge in [0.05, 0.1) is 14.2 Å². The number of rotatable bonds is 9. The average Bonchev–Trinajstić information content (AvgIpc) is 3.16. The standard InChI is InChI=1S/C19H32N4O2/c1-20-19(21-10-6-14-23-12-4-5-13-23)22-11-9-16-7-8-17(24-2)18(15-16)25-3/h7-8,15H,4-6,9-14H2,1-3H3,(H2,20,21,22). The smallest absolute Gasteiger partial charge is 0.190 e. The van der Waals surface area contributed by atoms with Crippen LogP contribution < -0.4 is 20.1 Å². The number of nitrogens with zero attached hydrogens (tertiary/aromatic N) is 2. The first-order valence-electron chi connectivity index (χ1n) is 9.14. The van der Waals surface area contributed by atoms with E-state index in [1.165, 1.54) is 38.0 Å². The van der Waals surface area contributed by atoms with E-state index in [2.05, 4.69) is 26.6 Å². The Balaban J connectivity index is 1.66. The van der Waals surface area contributed by atoms with E-state index in [1.54, 1.807) is 14.2 Å². The van der Waals surface area contributed by atoms with Gasteiger partial charge < -0.3 is 25.0 Å². The van der Waals surface area contributed by atoms with Gasteiger partial charge in [0.15, 0.2) is 17.5 Å². The molecule has 1 fully saturated rings. The maximum atomic E-state index is 5.35.